The van der Waals surface area contributed by atoms with Gasteiger partial charge in [-0.05, 0) is 75.0 Å². The Balaban J connectivity index is 1.31. The molecule has 0 radical (unpaired) electrons. The minimum atomic E-state index is -0.568. The molecule has 1 saturated heterocycles. The fraction of sp³-hybridized carbons (Fsp3) is 0.909. The van der Waals surface area contributed by atoms with Gasteiger partial charge in [-0.2, -0.15) is 0 Å². The van der Waals surface area contributed by atoms with Crippen molar-refractivity contribution >= 4 is 11.9 Å². The number of hydrogen-bond acceptors (Lipinski definition) is 4. The van der Waals surface area contributed by atoms with Crippen molar-refractivity contribution in [2.75, 3.05) is 46.0 Å². The first-order chi connectivity index (χ1) is 14.0. The van der Waals surface area contributed by atoms with Gasteiger partial charge in [0.15, 0.2) is 0 Å². The van der Waals surface area contributed by atoms with Crippen LogP contribution in [0.3, 0.4) is 0 Å². The highest BCUT2D eigenvalue weighted by Crippen LogP contribution is 2.61. The Morgan fingerprint density at radius 2 is 1.69 bits per heavy atom. The molecule has 0 aromatic heterocycles. The van der Waals surface area contributed by atoms with Crippen molar-refractivity contribution in [2.45, 2.75) is 57.9 Å². The van der Waals surface area contributed by atoms with Crippen LogP contribution in [-0.2, 0) is 9.53 Å². The van der Waals surface area contributed by atoms with Crippen molar-refractivity contribution < 1.29 is 19.4 Å². The molecule has 4 saturated carbocycles. The van der Waals surface area contributed by atoms with Gasteiger partial charge in [-0.3, -0.25) is 4.79 Å². The van der Waals surface area contributed by atoms with E-state index in [4.69, 9.17) is 4.74 Å². The summed E-state index contributed by atoms with van der Waals surface area (Å²) in [5.74, 6) is 2.62. The summed E-state index contributed by atoms with van der Waals surface area (Å²) in [6.07, 6.45) is 9.23. The normalized spacial score (nSPS) is 34.1. The van der Waals surface area contributed by atoms with Gasteiger partial charge in [-0.25, -0.2) is 4.79 Å². The van der Waals surface area contributed by atoms with Crippen LogP contribution in [0.4, 0.5) is 4.79 Å². The minimum Gasteiger partial charge on any atom is -0.395 e. The summed E-state index contributed by atoms with van der Waals surface area (Å²) >= 11 is 0. The molecular formula is C22H37N3O4. The van der Waals surface area contributed by atoms with E-state index in [2.05, 4.69) is 5.32 Å². The van der Waals surface area contributed by atoms with Crippen molar-refractivity contribution in [1.29, 1.82) is 0 Å². The molecule has 4 aliphatic carbocycles. The maximum absolute atomic E-state index is 12.9. The predicted molar refractivity (Wildman–Crippen MR) is 109 cm³/mol. The molecule has 164 valence electrons. The van der Waals surface area contributed by atoms with Crippen LogP contribution in [0.25, 0.3) is 0 Å². The second-order valence-electron chi connectivity index (χ2n) is 9.99. The van der Waals surface area contributed by atoms with Crippen LogP contribution in [-0.4, -0.2) is 78.9 Å². The van der Waals surface area contributed by atoms with Crippen LogP contribution in [0.15, 0.2) is 0 Å². The van der Waals surface area contributed by atoms with Gasteiger partial charge in [0.2, 0.25) is 5.91 Å². The van der Waals surface area contributed by atoms with E-state index >= 15 is 0 Å². The standard InChI is InChI=1S/C22H37N3O4/c1-16(20(27)24-5-8-29-9-6-24)23-21(28)25(4-7-26)3-2-22-13-17-10-18(14-22)12-19(11-17)15-22/h16-19,26H,2-15H2,1H3,(H,23,28)/t16-,17?,18?,19?,22?/m0/s1. The van der Waals surface area contributed by atoms with Gasteiger partial charge in [0.1, 0.15) is 6.04 Å². The maximum Gasteiger partial charge on any atom is 0.318 e. The molecule has 0 unspecified atom stereocenters. The zero-order valence-electron chi connectivity index (χ0n) is 17.8. The molecule has 1 atom stereocenters. The lowest BCUT2D eigenvalue weighted by Crippen LogP contribution is -2.54. The number of aliphatic hydroxyl groups is 1. The summed E-state index contributed by atoms with van der Waals surface area (Å²) in [7, 11) is 0. The molecule has 7 nitrogen and oxygen atoms in total. The highest BCUT2D eigenvalue weighted by atomic mass is 16.5. The third kappa shape index (κ3) is 4.71. The molecular weight excluding hydrogens is 370 g/mol. The van der Waals surface area contributed by atoms with E-state index in [1.54, 1.807) is 16.7 Å². The van der Waals surface area contributed by atoms with Gasteiger partial charge < -0.3 is 25.0 Å². The molecule has 4 bridgehead atoms. The van der Waals surface area contributed by atoms with Gasteiger partial charge in [-0.1, -0.05) is 0 Å². The largest absolute Gasteiger partial charge is 0.395 e. The first-order valence-electron chi connectivity index (χ1n) is 11.5. The lowest BCUT2D eigenvalue weighted by Gasteiger charge is -2.57. The first kappa shape index (κ1) is 20.9. The number of rotatable bonds is 7. The first-order valence-corrected chi connectivity index (χ1v) is 11.5. The Morgan fingerprint density at radius 1 is 1.10 bits per heavy atom. The van der Waals surface area contributed by atoms with Crippen molar-refractivity contribution in [1.82, 2.24) is 15.1 Å². The topological polar surface area (TPSA) is 82.1 Å². The molecule has 2 N–H and O–H groups in total. The summed E-state index contributed by atoms with van der Waals surface area (Å²) in [6, 6.07) is -0.806. The molecule has 0 aromatic carbocycles. The number of nitrogens with one attached hydrogen (secondary N) is 1. The van der Waals surface area contributed by atoms with Crippen LogP contribution >= 0.6 is 0 Å². The van der Waals surface area contributed by atoms with Gasteiger partial charge in [0, 0.05) is 26.2 Å². The maximum atomic E-state index is 12.9. The molecule has 29 heavy (non-hydrogen) atoms. The fourth-order valence-corrected chi connectivity index (χ4v) is 6.80. The number of hydrogen-bond donors (Lipinski definition) is 2. The van der Waals surface area contributed by atoms with E-state index in [-0.39, 0.29) is 18.5 Å². The van der Waals surface area contributed by atoms with Crippen molar-refractivity contribution in [3.8, 4) is 0 Å². The van der Waals surface area contributed by atoms with E-state index in [0.29, 0.717) is 44.8 Å². The van der Waals surface area contributed by atoms with Gasteiger partial charge in [0.25, 0.3) is 0 Å². The second-order valence-corrected chi connectivity index (χ2v) is 9.99. The number of aliphatic hydroxyl groups excluding tert-OH is 1. The molecule has 0 spiro atoms. The number of carbonyl (C=O) groups excluding carboxylic acids is 2. The van der Waals surface area contributed by atoms with Crippen LogP contribution < -0.4 is 5.32 Å². The van der Waals surface area contributed by atoms with Gasteiger partial charge >= 0.3 is 6.03 Å². The number of carbonyl (C=O) groups is 2. The molecule has 5 aliphatic rings. The lowest BCUT2D eigenvalue weighted by atomic mass is 9.49. The number of urea groups is 1. The van der Waals surface area contributed by atoms with Gasteiger partial charge in [0.05, 0.1) is 19.8 Å². The lowest BCUT2D eigenvalue weighted by molar-refractivity contribution is -0.136. The van der Waals surface area contributed by atoms with Crippen LogP contribution in [0.5, 0.6) is 0 Å². The average molecular weight is 408 g/mol. The summed E-state index contributed by atoms with van der Waals surface area (Å²) in [5, 5.41) is 12.3. The minimum absolute atomic E-state index is 0.0555. The molecule has 5 fully saturated rings. The van der Waals surface area contributed by atoms with Crippen molar-refractivity contribution in [3.63, 3.8) is 0 Å². The third-order valence-corrected chi connectivity index (χ3v) is 7.77. The Kier molecular flexibility index (Phi) is 6.35. The quantitative estimate of drug-likeness (QED) is 0.675. The van der Waals surface area contributed by atoms with Crippen LogP contribution in [0.2, 0.25) is 0 Å². The van der Waals surface area contributed by atoms with Gasteiger partial charge in [-0.15, -0.1) is 0 Å². The summed E-state index contributed by atoms with van der Waals surface area (Å²) in [4.78, 5) is 28.9. The number of morpholine rings is 1. The Morgan fingerprint density at radius 3 is 2.24 bits per heavy atom. The average Bonchev–Trinajstić information content (AvgIpc) is 2.70. The van der Waals surface area contributed by atoms with Crippen molar-refractivity contribution in [3.05, 3.63) is 0 Å². The fourth-order valence-electron chi connectivity index (χ4n) is 6.80. The SMILES string of the molecule is C[C@H](NC(=O)N(CCO)CCC12CC3CC(CC(C3)C1)C2)C(=O)N1CCOCC1. The Bertz CT molecular complexity index is 570. The molecule has 3 amide bonds. The van der Waals surface area contributed by atoms with Crippen LogP contribution in [0.1, 0.15) is 51.9 Å². The summed E-state index contributed by atoms with van der Waals surface area (Å²) in [5.41, 5.74) is 0.401. The van der Waals surface area contributed by atoms with E-state index in [1.807, 2.05) is 0 Å². The highest BCUT2D eigenvalue weighted by molar-refractivity contribution is 5.86. The molecule has 7 heteroatoms. The summed E-state index contributed by atoms with van der Waals surface area (Å²) in [6.45, 7) is 4.92. The highest BCUT2D eigenvalue weighted by Gasteiger charge is 2.50. The number of amides is 3. The zero-order chi connectivity index (χ0) is 20.4. The third-order valence-electron chi connectivity index (χ3n) is 7.77. The second kappa shape index (κ2) is 8.80. The van der Waals surface area contributed by atoms with E-state index in [0.717, 1.165) is 24.2 Å². The monoisotopic (exact) mass is 407 g/mol. The van der Waals surface area contributed by atoms with Crippen LogP contribution in [0, 0.1) is 23.2 Å². The summed E-state index contributed by atoms with van der Waals surface area (Å²) < 4.78 is 5.30. The zero-order valence-corrected chi connectivity index (χ0v) is 17.8. The molecule has 1 heterocycles. The Hall–Kier alpha value is -1.34. The molecule has 5 rings (SSSR count). The molecule has 1 aliphatic heterocycles. The molecule has 0 aromatic rings. The van der Waals surface area contributed by atoms with E-state index < -0.39 is 6.04 Å². The smallest absolute Gasteiger partial charge is 0.318 e. The number of ether oxygens (including phenoxy) is 1. The van der Waals surface area contributed by atoms with E-state index in [1.165, 1.54) is 38.5 Å². The van der Waals surface area contributed by atoms with E-state index in [9.17, 15) is 14.7 Å². The predicted octanol–water partition coefficient (Wildman–Crippen LogP) is 1.84. The Labute approximate surface area is 174 Å². The number of nitrogens with zero attached hydrogens (tertiary/aromatic N) is 2. The van der Waals surface area contributed by atoms with Crippen molar-refractivity contribution in [2.24, 2.45) is 23.2 Å².